The first-order chi connectivity index (χ1) is 13.0. The summed E-state index contributed by atoms with van der Waals surface area (Å²) in [5.41, 5.74) is 1.66. The Balaban J connectivity index is 1.67. The van der Waals surface area contributed by atoms with Gasteiger partial charge in [-0.25, -0.2) is 9.78 Å². The Morgan fingerprint density at radius 2 is 1.37 bits per heavy atom. The highest BCUT2D eigenvalue weighted by molar-refractivity contribution is 6.35. The van der Waals surface area contributed by atoms with E-state index in [0.29, 0.717) is 17.1 Å². The molecule has 0 aliphatic heterocycles. The van der Waals surface area contributed by atoms with E-state index in [1.807, 2.05) is 18.2 Å². The Kier molecular flexibility index (Phi) is 5.90. The minimum atomic E-state index is -0.506. The van der Waals surface area contributed by atoms with E-state index in [9.17, 15) is 9.59 Å². The summed E-state index contributed by atoms with van der Waals surface area (Å²) in [6.45, 7) is 0. The number of nitrogens with one attached hydrogen (secondary N) is 3. The van der Waals surface area contributed by atoms with E-state index >= 15 is 0 Å². The number of benzene rings is 2. The van der Waals surface area contributed by atoms with E-state index in [1.54, 1.807) is 36.4 Å². The maximum absolute atomic E-state index is 12.3. The molecule has 3 aromatic rings. The van der Waals surface area contributed by atoms with E-state index in [0.717, 1.165) is 0 Å². The largest absolute Gasteiger partial charge is 0.323 e. The van der Waals surface area contributed by atoms with Crippen LogP contribution in [-0.4, -0.2) is 16.9 Å². The molecule has 6 nitrogen and oxygen atoms in total. The van der Waals surface area contributed by atoms with Crippen LogP contribution in [0.5, 0.6) is 0 Å². The van der Waals surface area contributed by atoms with Crippen LogP contribution in [0.1, 0.15) is 10.5 Å². The molecule has 0 bridgehead atoms. The Labute approximate surface area is 165 Å². The lowest BCUT2D eigenvalue weighted by Gasteiger charge is -2.10. The number of carbonyl (C=O) groups is 2. The topological polar surface area (TPSA) is 83.1 Å². The van der Waals surface area contributed by atoms with Crippen LogP contribution in [0.25, 0.3) is 0 Å². The second-order valence-electron chi connectivity index (χ2n) is 5.44. The van der Waals surface area contributed by atoms with Gasteiger partial charge in [0.25, 0.3) is 5.91 Å². The van der Waals surface area contributed by atoms with Crippen molar-refractivity contribution in [3.63, 3.8) is 0 Å². The second kappa shape index (κ2) is 8.53. The monoisotopic (exact) mass is 400 g/mol. The predicted octanol–water partition coefficient (Wildman–Crippen LogP) is 5.28. The van der Waals surface area contributed by atoms with Gasteiger partial charge in [-0.1, -0.05) is 47.5 Å². The van der Waals surface area contributed by atoms with E-state index in [2.05, 4.69) is 20.9 Å². The van der Waals surface area contributed by atoms with Gasteiger partial charge >= 0.3 is 6.03 Å². The minimum Gasteiger partial charge on any atom is -0.321 e. The van der Waals surface area contributed by atoms with E-state index in [4.69, 9.17) is 23.2 Å². The molecule has 0 spiro atoms. The van der Waals surface area contributed by atoms with Crippen molar-refractivity contribution in [3.8, 4) is 0 Å². The summed E-state index contributed by atoms with van der Waals surface area (Å²) >= 11 is 11.8. The van der Waals surface area contributed by atoms with Gasteiger partial charge in [-0.2, -0.15) is 0 Å². The molecule has 1 aromatic heterocycles. The first-order valence-electron chi connectivity index (χ1n) is 7.88. The number of halogens is 2. The molecule has 0 saturated heterocycles. The molecular weight excluding hydrogens is 387 g/mol. The number of aromatic nitrogens is 1. The number of hydrogen-bond donors (Lipinski definition) is 3. The number of urea groups is 1. The number of rotatable bonds is 4. The van der Waals surface area contributed by atoms with Crippen molar-refractivity contribution in [2.24, 2.45) is 0 Å². The lowest BCUT2D eigenvalue weighted by molar-refractivity contribution is 0.102. The molecule has 0 aliphatic rings. The summed E-state index contributed by atoms with van der Waals surface area (Å²) in [6, 6.07) is 18.3. The molecule has 0 unspecified atom stereocenters. The zero-order chi connectivity index (χ0) is 19.2. The maximum Gasteiger partial charge on any atom is 0.323 e. The number of pyridine rings is 1. The normalized spacial score (nSPS) is 10.1. The number of carbonyl (C=O) groups excluding carboxylic acids is 2. The SMILES string of the molecule is O=C(Nc1ccccc1)Nc1cccc(NC(=O)c2nc(Cl)ccc2Cl)c1. The van der Waals surface area contributed by atoms with Gasteiger partial charge in [0.1, 0.15) is 10.8 Å². The summed E-state index contributed by atoms with van der Waals surface area (Å²) < 4.78 is 0. The fourth-order valence-corrected chi connectivity index (χ4v) is 2.60. The average molecular weight is 401 g/mol. The molecule has 0 aliphatic carbocycles. The molecule has 0 saturated carbocycles. The molecule has 27 heavy (non-hydrogen) atoms. The quantitative estimate of drug-likeness (QED) is 0.520. The lowest BCUT2D eigenvalue weighted by Crippen LogP contribution is -2.19. The van der Waals surface area contributed by atoms with Crippen molar-refractivity contribution in [3.05, 3.63) is 82.6 Å². The van der Waals surface area contributed by atoms with Gasteiger partial charge in [0, 0.05) is 17.1 Å². The minimum absolute atomic E-state index is 0.0179. The summed E-state index contributed by atoms with van der Waals surface area (Å²) in [6.07, 6.45) is 0. The summed E-state index contributed by atoms with van der Waals surface area (Å²) in [5.74, 6) is -0.506. The summed E-state index contributed by atoms with van der Waals surface area (Å²) in [7, 11) is 0. The first kappa shape index (κ1) is 18.7. The third-order valence-corrected chi connectivity index (χ3v) is 3.95. The maximum atomic E-state index is 12.3. The smallest absolute Gasteiger partial charge is 0.321 e. The molecular formula is C19H14Cl2N4O2. The standard InChI is InChI=1S/C19H14Cl2N4O2/c20-15-9-10-16(21)25-17(15)18(26)22-13-7-4-8-14(11-13)24-19(27)23-12-5-2-1-3-6-12/h1-11H,(H,22,26)(H2,23,24,27). The van der Waals surface area contributed by atoms with E-state index in [-0.39, 0.29) is 15.9 Å². The van der Waals surface area contributed by atoms with Gasteiger partial charge in [-0.15, -0.1) is 0 Å². The average Bonchev–Trinajstić information content (AvgIpc) is 2.64. The fourth-order valence-electron chi connectivity index (χ4n) is 2.26. The van der Waals surface area contributed by atoms with Crippen molar-refractivity contribution < 1.29 is 9.59 Å². The van der Waals surface area contributed by atoms with E-state index in [1.165, 1.54) is 12.1 Å². The molecule has 3 N–H and O–H groups in total. The number of hydrogen-bond acceptors (Lipinski definition) is 3. The van der Waals surface area contributed by atoms with Gasteiger partial charge < -0.3 is 16.0 Å². The molecule has 8 heteroatoms. The summed E-state index contributed by atoms with van der Waals surface area (Å²) in [4.78, 5) is 28.3. The Hall–Kier alpha value is -3.09. The van der Waals surface area contributed by atoms with Crippen LogP contribution in [0.15, 0.2) is 66.7 Å². The number of amides is 3. The number of anilines is 3. The van der Waals surface area contributed by atoms with Gasteiger partial charge in [0.05, 0.1) is 5.02 Å². The van der Waals surface area contributed by atoms with Crippen molar-refractivity contribution >= 4 is 52.2 Å². The van der Waals surface area contributed by atoms with Crippen molar-refractivity contribution in [1.29, 1.82) is 0 Å². The van der Waals surface area contributed by atoms with Crippen LogP contribution < -0.4 is 16.0 Å². The Morgan fingerprint density at radius 1 is 0.741 bits per heavy atom. The van der Waals surface area contributed by atoms with Crippen LogP contribution in [-0.2, 0) is 0 Å². The molecule has 0 radical (unpaired) electrons. The fraction of sp³-hybridized carbons (Fsp3) is 0. The lowest BCUT2D eigenvalue weighted by atomic mass is 10.2. The molecule has 3 rings (SSSR count). The van der Waals surface area contributed by atoms with Crippen molar-refractivity contribution in [2.75, 3.05) is 16.0 Å². The van der Waals surface area contributed by atoms with E-state index < -0.39 is 11.9 Å². The van der Waals surface area contributed by atoms with Crippen molar-refractivity contribution in [1.82, 2.24) is 4.98 Å². The van der Waals surface area contributed by atoms with Gasteiger partial charge in [-0.05, 0) is 42.5 Å². The Bertz CT molecular complexity index is 980. The molecule has 0 atom stereocenters. The molecule has 2 aromatic carbocycles. The third-order valence-electron chi connectivity index (χ3n) is 3.44. The number of nitrogens with zero attached hydrogens (tertiary/aromatic N) is 1. The molecule has 3 amide bonds. The van der Waals surface area contributed by atoms with Crippen LogP contribution >= 0.6 is 23.2 Å². The third kappa shape index (κ3) is 5.20. The van der Waals surface area contributed by atoms with Crippen LogP contribution in [0, 0.1) is 0 Å². The number of para-hydroxylation sites is 1. The zero-order valence-corrected chi connectivity index (χ0v) is 15.4. The van der Waals surface area contributed by atoms with Crippen molar-refractivity contribution in [2.45, 2.75) is 0 Å². The zero-order valence-electron chi connectivity index (χ0n) is 13.9. The van der Waals surface area contributed by atoms with Crippen LogP contribution in [0.2, 0.25) is 10.2 Å². The molecule has 0 fully saturated rings. The highest BCUT2D eigenvalue weighted by atomic mass is 35.5. The highest BCUT2D eigenvalue weighted by Crippen LogP contribution is 2.20. The molecule has 136 valence electrons. The Morgan fingerprint density at radius 3 is 2.11 bits per heavy atom. The first-order valence-corrected chi connectivity index (χ1v) is 8.63. The summed E-state index contributed by atoms with van der Waals surface area (Å²) in [5, 5.41) is 8.44. The molecule has 1 heterocycles. The van der Waals surface area contributed by atoms with Gasteiger partial charge in [0.2, 0.25) is 0 Å². The van der Waals surface area contributed by atoms with Crippen LogP contribution in [0.4, 0.5) is 21.9 Å². The highest BCUT2D eigenvalue weighted by Gasteiger charge is 2.13. The predicted molar refractivity (Wildman–Crippen MR) is 108 cm³/mol. The van der Waals surface area contributed by atoms with Gasteiger partial charge in [0.15, 0.2) is 0 Å². The van der Waals surface area contributed by atoms with Gasteiger partial charge in [-0.3, -0.25) is 4.79 Å². The van der Waals surface area contributed by atoms with Crippen LogP contribution in [0.3, 0.4) is 0 Å². The second-order valence-corrected chi connectivity index (χ2v) is 6.24.